The first-order valence-electron chi connectivity index (χ1n) is 7.51. The molecule has 0 aromatic heterocycles. The highest BCUT2D eigenvalue weighted by Gasteiger charge is 2.60. The smallest absolute Gasteiger partial charge is 0.340 e. The van der Waals surface area contributed by atoms with Gasteiger partial charge in [-0.05, 0) is 51.9 Å². The lowest BCUT2D eigenvalue weighted by atomic mass is 9.74. The lowest BCUT2D eigenvalue weighted by molar-refractivity contribution is -0.178. The van der Waals surface area contributed by atoms with Gasteiger partial charge in [-0.3, -0.25) is 0 Å². The van der Waals surface area contributed by atoms with Crippen LogP contribution in [0.2, 0.25) is 0 Å². The maximum atomic E-state index is 12.0. The van der Waals surface area contributed by atoms with Crippen molar-refractivity contribution < 1.29 is 19.4 Å². The molecule has 20 heavy (non-hydrogen) atoms. The quantitative estimate of drug-likeness (QED) is 0.591. The summed E-state index contributed by atoms with van der Waals surface area (Å²) in [4.78, 5) is 12.0. The fourth-order valence-corrected chi connectivity index (χ4v) is 4.59. The minimum atomic E-state index is -1.46. The van der Waals surface area contributed by atoms with Crippen LogP contribution in [-0.2, 0) is 14.3 Å². The number of carbonyl (C=O) groups excluding carboxylic acids is 1. The third-order valence-electron chi connectivity index (χ3n) is 5.74. The molecule has 1 spiro atoms. The standard InChI is InChI=1S/C16H24O4/c1-10(2)11-4-6-15-8-13(20-9-15)16(18,14(17)19-3)7-5-12(11)15/h12-13,18H,4-9H2,1-3H3. The molecule has 4 nitrogen and oxygen atoms in total. The molecule has 4 atom stereocenters. The molecule has 0 aromatic rings. The minimum absolute atomic E-state index is 0.135. The van der Waals surface area contributed by atoms with Crippen molar-refractivity contribution >= 4 is 5.97 Å². The van der Waals surface area contributed by atoms with Crippen LogP contribution in [0.3, 0.4) is 0 Å². The van der Waals surface area contributed by atoms with Crippen LogP contribution in [0.25, 0.3) is 0 Å². The third kappa shape index (κ3) is 1.77. The molecule has 1 saturated heterocycles. The predicted octanol–water partition coefficient (Wildman–Crippen LogP) is 2.21. The Bertz CT molecular complexity index is 465. The molecule has 1 N–H and O–H groups in total. The Morgan fingerprint density at radius 2 is 2.15 bits per heavy atom. The second-order valence-corrected chi connectivity index (χ2v) is 6.90. The number of allylic oxidation sites excluding steroid dienone is 2. The number of methoxy groups -OCH3 is 1. The first kappa shape index (κ1) is 14.1. The highest BCUT2D eigenvalue weighted by Crippen LogP contribution is 2.59. The summed E-state index contributed by atoms with van der Waals surface area (Å²) in [6.07, 6.45) is 3.92. The second kappa shape index (κ2) is 4.57. The fourth-order valence-electron chi connectivity index (χ4n) is 4.59. The van der Waals surface area contributed by atoms with Crippen LogP contribution in [0.1, 0.15) is 46.0 Å². The largest absolute Gasteiger partial charge is 0.467 e. The van der Waals surface area contributed by atoms with Crippen LogP contribution >= 0.6 is 0 Å². The van der Waals surface area contributed by atoms with E-state index < -0.39 is 17.7 Å². The molecule has 3 rings (SSSR count). The molecule has 2 saturated carbocycles. The van der Waals surface area contributed by atoms with Gasteiger partial charge in [0.05, 0.1) is 19.8 Å². The average Bonchev–Trinajstić information content (AvgIpc) is 2.97. The van der Waals surface area contributed by atoms with Crippen LogP contribution in [0.15, 0.2) is 11.1 Å². The van der Waals surface area contributed by atoms with Crippen molar-refractivity contribution in [1.29, 1.82) is 0 Å². The van der Waals surface area contributed by atoms with Gasteiger partial charge in [-0.2, -0.15) is 0 Å². The summed E-state index contributed by atoms with van der Waals surface area (Å²) in [7, 11) is 1.33. The Morgan fingerprint density at radius 3 is 2.80 bits per heavy atom. The van der Waals surface area contributed by atoms with E-state index in [0.717, 1.165) is 25.7 Å². The Hall–Kier alpha value is -0.870. The van der Waals surface area contributed by atoms with Crippen molar-refractivity contribution in [1.82, 2.24) is 0 Å². The highest BCUT2D eigenvalue weighted by molar-refractivity contribution is 5.80. The first-order valence-corrected chi connectivity index (χ1v) is 7.51. The van der Waals surface area contributed by atoms with E-state index in [-0.39, 0.29) is 5.41 Å². The Morgan fingerprint density at radius 1 is 1.40 bits per heavy atom. The van der Waals surface area contributed by atoms with E-state index >= 15 is 0 Å². The number of hydrogen-bond donors (Lipinski definition) is 1. The zero-order valence-corrected chi connectivity index (χ0v) is 12.6. The molecule has 4 unspecified atom stereocenters. The number of ether oxygens (including phenoxy) is 2. The van der Waals surface area contributed by atoms with E-state index in [9.17, 15) is 9.90 Å². The van der Waals surface area contributed by atoms with Crippen LogP contribution in [-0.4, -0.2) is 36.5 Å². The molecular weight excluding hydrogens is 256 g/mol. The summed E-state index contributed by atoms with van der Waals surface area (Å²) in [6, 6.07) is 0. The van der Waals surface area contributed by atoms with Gasteiger partial charge in [-0.25, -0.2) is 4.79 Å². The van der Waals surface area contributed by atoms with Gasteiger partial charge in [-0.1, -0.05) is 11.1 Å². The predicted molar refractivity (Wildman–Crippen MR) is 74.1 cm³/mol. The highest BCUT2D eigenvalue weighted by atomic mass is 16.6. The van der Waals surface area contributed by atoms with Gasteiger partial charge in [0.25, 0.3) is 0 Å². The molecular formula is C16H24O4. The topological polar surface area (TPSA) is 55.8 Å². The zero-order valence-electron chi connectivity index (χ0n) is 12.6. The molecule has 0 amide bonds. The fraction of sp³-hybridized carbons (Fsp3) is 0.812. The number of carbonyl (C=O) groups is 1. The van der Waals surface area contributed by atoms with Gasteiger partial charge in [-0.15, -0.1) is 0 Å². The van der Waals surface area contributed by atoms with Crippen molar-refractivity contribution in [3.63, 3.8) is 0 Å². The summed E-state index contributed by atoms with van der Waals surface area (Å²) < 4.78 is 10.7. The number of esters is 1. The number of aliphatic hydroxyl groups is 1. The maximum Gasteiger partial charge on any atom is 0.340 e. The van der Waals surface area contributed by atoms with E-state index in [1.165, 1.54) is 18.3 Å². The van der Waals surface area contributed by atoms with E-state index in [1.807, 2.05) is 0 Å². The number of fused-ring (bicyclic) bond motifs is 1. The normalized spacial score (nSPS) is 43.1. The zero-order chi connectivity index (χ0) is 14.5. The maximum absolute atomic E-state index is 12.0. The molecule has 112 valence electrons. The van der Waals surface area contributed by atoms with Crippen molar-refractivity contribution in [2.24, 2.45) is 11.3 Å². The molecule has 1 aliphatic heterocycles. The van der Waals surface area contributed by atoms with Crippen molar-refractivity contribution in [2.75, 3.05) is 13.7 Å². The summed E-state index contributed by atoms with van der Waals surface area (Å²) >= 11 is 0. The Kier molecular flexibility index (Phi) is 3.22. The summed E-state index contributed by atoms with van der Waals surface area (Å²) in [6.45, 7) is 5.00. The van der Waals surface area contributed by atoms with E-state index in [2.05, 4.69) is 13.8 Å². The van der Waals surface area contributed by atoms with E-state index in [4.69, 9.17) is 9.47 Å². The van der Waals surface area contributed by atoms with Gasteiger partial charge in [0, 0.05) is 5.41 Å². The lowest BCUT2D eigenvalue weighted by Crippen LogP contribution is -2.49. The summed E-state index contributed by atoms with van der Waals surface area (Å²) in [5, 5.41) is 10.8. The van der Waals surface area contributed by atoms with Crippen LogP contribution < -0.4 is 0 Å². The SMILES string of the molecule is COC(=O)C1(O)CCC2C(=C(C)C)CCC23COC1C3. The second-order valence-electron chi connectivity index (χ2n) is 6.90. The first-order chi connectivity index (χ1) is 9.43. The monoisotopic (exact) mass is 280 g/mol. The minimum Gasteiger partial charge on any atom is -0.467 e. The van der Waals surface area contributed by atoms with Crippen molar-refractivity contribution in [3.05, 3.63) is 11.1 Å². The number of hydrogen-bond acceptors (Lipinski definition) is 4. The van der Waals surface area contributed by atoms with Gasteiger partial charge < -0.3 is 14.6 Å². The Labute approximate surface area is 120 Å². The molecule has 0 radical (unpaired) electrons. The lowest BCUT2D eigenvalue weighted by Gasteiger charge is -2.32. The van der Waals surface area contributed by atoms with Crippen LogP contribution in [0.5, 0.6) is 0 Å². The van der Waals surface area contributed by atoms with E-state index in [0.29, 0.717) is 18.9 Å². The number of rotatable bonds is 1. The molecule has 2 aliphatic carbocycles. The molecule has 2 bridgehead atoms. The van der Waals surface area contributed by atoms with Gasteiger partial charge in [0.15, 0.2) is 5.60 Å². The molecule has 4 heteroatoms. The van der Waals surface area contributed by atoms with Gasteiger partial charge >= 0.3 is 5.97 Å². The van der Waals surface area contributed by atoms with Gasteiger partial charge in [0.1, 0.15) is 0 Å². The molecule has 1 heterocycles. The molecule has 3 aliphatic rings. The van der Waals surface area contributed by atoms with Crippen LogP contribution in [0, 0.1) is 11.3 Å². The van der Waals surface area contributed by atoms with E-state index in [1.54, 1.807) is 0 Å². The molecule has 0 aromatic carbocycles. The Balaban J connectivity index is 1.96. The van der Waals surface area contributed by atoms with Gasteiger partial charge in [0.2, 0.25) is 0 Å². The average molecular weight is 280 g/mol. The van der Waals surface area contributed by atoms with Crippen molar-refractivity contribution in [2.45, 2.75) is 57.7 Å². The van der Waals surface area contributed by atoms with Crippen molar-refractivity contribution in [3.8, 4) is 0 Å². The van der Waals surface area contributed by atoms with Crippen LogP contribution in [0.4, 0.5) is 0 Å². The summed E-state index contributed by atoms with van der Waals surface area (Å²) in [5.41, 5.74) is 1.58. The third-order valence-corrected chi connectivity index (χ3v) is 5.74. The molecule has 3 fully saturated rings. The summed E-state index contributed by atoms with van der Waals surface area (Å²) in [5.74, 6) is -0.0885.